The van der Waals surface area contributed by atoms with Crippen molar-refractivity contribution in [1.29, 1.82) is 0 Å². The molecular formula is C22H22ClNO4. The van der Waals surface area contributed by atoms with Gasteiger partial charge < -0.3 is 9.64 Å². The number of nitrogens with zero attached hydrogens (tertiary/aromatic N) is 1. The van der Waals surface area contributed by atoms with Gasteiger partial charge in [-0.3, -0.25) is 14.4 Å². The van der Waals surface area contributed by atoms with Gasteiger partial charge >= 0.3 is 5.97 Å². The summed E-state index contributed by atoms with van der Waals surface area (Å²) in [6, 6.07) is 13.4. The number of ketones is 1. The van der Waals surface area contributed by atoms with Crippen molar-refractivity contribution in [2.24, 2.45) is 5.92 Å². The number of rotatable bonds is 5. The van der Waals surface area contributed by atoms with Crippen LogP contribution in [0.5, 0.6) is 5.75 Å². The predicted molar refractivity (Wildman–Crippen MR) is 107 cm³/mol. The van der Waals surface area contributed by atoms with Crippen LogP contribution in [0.25, 0.3) is 0 Å². The van der Waals surface area contributed by atoms with Crippen LogP contribution in [0.3, 0.4) is 0 Å². The number of esters is 1. The first-order valence-electron chi connectivity index (χ1n) is 9.37. The number of piperidine rings is 1. The van der Waals surface area contributed by atoms with E-state index in [1.807, 2.05) is 0 Å². The molecule has 1 aliphatic heterocycles. The van der Waals surface area contributed by atoms with Crippen LogP contribution in [0.1, 0.15) is 46.9 Å². The quantitative estimate of drug-likeness (QED) is 0.425. The molecule has 1 aliphatic rings. The van der Waals surface area contributed by atoms with E-state index >= 15 is 0 Å². The molecule has 1 saturated heterocycles. The number of benzene rings is 2. The van der Waals surface area contributed by atoms with Crippen molar-refractivity contribution in [3.05, 3.63) is 64.7 Å². The first-order chi connectivity index (χ1) is 13.5. The summed E-state index contributed by atoms with van der Waals surface area (Å²) in [5.74, 6) is -0.119. The number of Topliss-reactive ketones (excluding diaryl/α,β-unsaturated/α-hetero) is 1. The van der Waals surface area contributed by atoms with Gasteiger partial charge in [0.25, 0.3) is 5.91 Å². The number of carbonyl (C=O) groups is 3. The molecule has 0 bridgehead atoms. The molecular weight excluding hydrogens is 378 g/mol. The van der Waals surface area contributed by atoms with Gasteiger partial charge in [0, 0.05) is 35.7 Å². The molecule has 0 N–H and O–H groups in total. The minimum absolute atomic E-state index is 0.0515. The van der Waals surface area contributed by atoms with Gasteiger partial charge in [0.15, 0.2) is 5.78 Å². The van der Waals surface area contributed by atoms with Crippen molar-refractivity contribution < 1.29 is 19.1 Å². The van der Waals surface area contributed by atoms with Gasteiger partial charge in [-0.2, -0.15) is 0 Å². The lowest BCUT2D eigenvalue weighted by atomic mass is 9.96. The number of likely N-dealkylation sites (tertiary alicyclic amines) is 1. The second-order valence-corrected chi connectivity index (χ2v) is 7.23. The molecule has 28 heavy (non-hydrogen) atoms. The van der Waals surface area contributed by atoms with Crippen LogP contribution in [0.2, 0.25) is 5.02 Å². The summed E-state index contributed by atoms with van der Waals surface area (Å²) in [6.45, 7) is 2.82. The summed E-state index contributed by atoms with van der Waals surface area (Å²) in [7, 11) is 0. The number of hydrogen-bond donors (Lipinski definition) is 0. The van der Waals surface area contributed by atoms with Crippen molar-refractivity contribution >= 4 is 29.3 Å². The minimum atomic E-state index is -0.298. The molecule has 6 heteroatoms. The maximum atomic E-state index is 12.5. The Morgan fingerprint density at radius 2 is 1.54 bits per heavy atom. The van der Waals surface area contributed by atoms with Gasteiger partial charge in [0.1, 0.15) is 5.75 Å². The molecule has 0 atom stereocenters. The summed E-state index contributed by atoms with van der Waals surface area (Å²) < 4.78 is 5.45. The van der Waals surface area contributed by atoms with E-state index < -0.39 is 0 Å². The molecule has 0 aliphatic carbocycles. The molecule has 0 saturated carbocycles. The summed E-state index contributed by atoms with van der Waals surface area (Å²) in [5.41, 5.74) is 1.20. The van der Waals surface area contributed by atoms with Crippen LogP contribution in [0.15, 0.2) is 48.5 Å². The van der Waals surface area contributed by atoms with E-state index in [9.17, 15) is 14.4 Å². The average molecular weight is 400 g/mol. The van der Waals surface area contributed by atoms with Crippen LogP contribution in [-0.4, -0.2) is 35.6 Å². The summed E-state index contributed by atoms with van der Waals surface area (Å²) in [5, 5.41) is 0.588. The lowest BCUT2D eigenvalue weighted by molar-refractivity contribution is -0.140. The molecule has 5 nitrogen and oxygen atoms in total. The molecule has 1 amide bonds. The van der Waals surface area contributed by atoms with E-state index in [4.69, 9.17) is 16.3 Å². The summed E-state index contributed by atoms with van der Waals surface area (Å²) in [6.07, 6.45) is 1.56. The molecule has 2 aromatic carbocycles. The van der Waals surface area contributed by atoms with Gasteiger partial charge in [-0.25, -0.2) is 0 Å². The largest absolute Gasteiger partial charge is 0.426 e. The minimum Gasteiger partial charge on any atom is -0.426 e. The van der Waals surface area contributed by atoms with Gasteiger partial charge in [-0.05, 0) is 61.4 Å². The first kappa shape index (κ1) is 20.1. The first-order valence-corrected chi connectivity index (χ1v) is 9.75. The number of halogens is 1. The summed E-state index contributed by atoms with van der Waals surface area (Å²) in [4.78, 5) is 38.3. The van der Waals surface area contributed by atoms with Crippen LogP contribution in [-0.2, 0) is 4.79 Å². The Morgan fingerprint density at radius 3 is 2.11 bits per heavy atom. The SMILES string of the molecule is CCC(=O)c1ccc(OC(=O)C2CCN(C(=O)c3ccc(Cl)cc3)CC2)cc1. The zero-order valence-electron chi connectivity index (χ0n) is 15.7. The molecule has 3 rings (SSSR count). The maximum absolute atomic E-state index is 12.5. The molecule has 0 radical (unpaired) electrons. The van der Waals surface area contributed by atoms with Crippen molar-refractivity contribution in [2.45, 2.75) is 26.2 Å². The normalized spacial score (nSPS) is 14.6. The maximum Gasteiger partial charge on any atom is 0.314 e. The number of carbonyl (C=O) groups excluding carboxylic acids is 3. The molecule has 1 fully saturated rings. The van der Waals surface area contributed by atoms with Gasteiger partial charge in [0.2, 0.25) is 0 Å². The Labute approximate surface area is 169 Å². The van der Waals surface area contributed by atoms with Crippen LogP contribution in [0.4, 0.5) is 0 Å². The molecule has 0 spiro atoms. The Balaban J connectivity index is 1.53. The summed E-state index contributed by atoms with van der Waals surface area (Å²) >= 11 is 5.86. The highest BCUT2D eigenvalue weighted by atomic mass is 35.5. The van der Waals surface area contributed by atoms with Crippen molar-refractivity contribution in [1.82, 2.24) is 4.90 Å². The lowest BCUT2D eigenvalue weighted by Crippen LogP contribution is -2.41. The Bertz CT molecular complexity index is 853. The fourth-order valence-corrected chi connectivity index (χ4v) is 3.33. The van der Waals surface area contributed by atoms with E-state index in [0.29, 0.717) is 54.3 Å². The van der Waals surface area contributed by atoms with Crippen molar-refractivity contribution in [3.8, 4) is 5.75 Å². The van der Waals surface area contributed by atoms with E-state index in [1.54, 1.807) is 60.4 Å². The Hall–Kier alpha value is -2.66. The molecule has 2 aromatic rings. The van der Waals surface area contributed by atoms with E-state index in [1.165, 1.54) is 0 Å². The zero-order valence-corrected chi connectivity index (χ0v) is 16.4. The van der Waals surface area contributed by atoms with E-state index in [-0.39, 0.29) is 23.6 Å². The molecule has 0 unspecified atom stereocenters. The third kappa shape index (κ3) is 4.78. The highest BCUT2D eigenvalue weighted by Gasteiger charge is 2.29. The fraction of sp³-hybridized carbons (Fsp3) is 0.318. The van der Waals surface area contributed by atoms with Crippen LogP contribution < -0.4 is 4.74 Å². The van der Waals surface area contributed by atoms with Crippen molar-refractivity contribution in [2.75, 3.05) is 13.1 Å². The van der Waals surface area contributed by atoms with Crippen molar-refractivity contribution in [3.63, 3.8) is 0 Å². The smallest absolute Gasteiger partial charge is 0.314 e. The molecule has 0 aromatic heterocycles. The third-order valence-corrected chi connectivity index (χ3v) is 5.17. The highest BCUT2D eigenvalue weighted by molar-refractivity contribution is 6.30. The molecule has 146 valence electrons. The third-order valence-electron chi connectivity index (χ3n) is 4.92. The van der Waals surface area contributed by atoms with Gasteiger partial charge in [-0.1, -0.05) is 18.5 Å². The highest BCUT2D eigenvalue weighted by Crippen LogP contribution is 2.23. The molecule has 1 heterocycles. The van der Waals surface area contributed by atoms with Crippen LogP contribution >= 0.6 is 11.6 Å². The Kier molecular flexibility index (Phi) is 6.47. The van der Waals surface area contributed by atoms with E-state index in [0.717, 1.165) is 0 Å². The second-order valence-electron chi connectivity index (χ2n) is 6.80. The standard InChI is InChI=1S/C22H22ClNO4/c1-2-20(25)15-5-9-19(10-6-15)28-22(27)17-11-13-24(14-12-17)21(26)16-3-7-18(23)8-4-16/h3-10,17H,2,11-14H2,1H3. The zero-order chi connectivity index (χ0) is 20.1. The number of ether oxygens (including phenoxy) is 1. The fourth-order valence-electron chi connectivity index (χ4n) is 3.21. The van der Waals surface area contributed by atoms with Gasteiger partial charge in [0.05, 0.1) is 5.92 Å². The Morgan fingerprint density at radius 1 is 0.964 bits per heavy atom. The monoisotopic (exact) mass is 399 g/mol. The second kappa shape index (κ2) is 9.02. The topological polar surface area (TPSA) is 63.7 Å². The van der Waals surface area contributed by atoms with Gasteiger partial charge in [-0.15, -0.1) is 0 Å². The van der Waals surface area contributed by atoms with E-state index in [2.05, 4.69) is 0 Å². The predicted octanol–water partition coefficient (Wildman–Crippen LogP) is 4.39. The lowest BCUT2D eigenvalue weighted by Gasteiger charge is -2.31. The van der Waals surface area contributed by atoms with Crippen LogP contribution in [0, 0.1) is 5.92 Å². The number of hydrogen-bond acceptors (Lipinski definition) is 4. The number of amides is 1. The average Bonchev–Trinajstić information content (AvgIpc) is 2.74.